The van der Waals surface area contributed by atoms with Crippen molar-refractivity contribution in [1.29, 1.82) is 0 Å². The van der Waals surface area contributed by atoms with Crippen LogP contribution in [0.5, 0.6) is 0 Å². The van der Waals surface area contributed by atoms with Crippen molar-refractivity contribution in [3.63, 3.8) is 0 Å². The Bertz CT molecular complexity index is 245. The molecule has 3 unspecified atom stereocenters. The average Bonchev–Trinajstić information content (AvgIpc) is 2.22. The fraction of sp³-hybridized carbons (Fsp3) is 0.917. The number of rotatable bonds is 4. The third-order valence-electron chi connectivity index (χ3n) is 3.92. The van der Waals surface area contributed by atoms with Gasteiger partial charge in [-0.25, -0.2) is 0 Å². The summed E-state index contributed by atoms with van der Waals surface area (Å²) < 4.78 is 0. The molecule has 0 saturated carbocycles. The number of hydrogen-bond acceptors (Lipinski definition) is 3. The minimum absolute atomic E-state index is 0.333. The molecule has 0 aromatic rings. The van der Waals surface area contributed by atoms with E-state index in [1.807, 2.05) is 18.9 Å². The fourth-order valence-corrected chi connectivity index (χ4v) is 2.53. The Morgan fingerprint density at radius 3 is 2.69 bits per heavy atom. The second-order valence-corrected chi connectivity index (χ2v) is 4.94. The number of nitrogens with zero attached hydrogens (tertiary/aromatic N) is 2. The normalized spacial score (nSPS) is 29.3. The van der Waals surface area contributed by atoms with Gasteiger partial charge in [-0.1, -0.05) is 6.92 Å². The Balaban J connectivity index is 2.60. The van der Waals surface area contributed by atoms with Gasteiger partial charge < -0.3 is 10.0 Å². The van der Waals surface area contributed by atoms with Crippen LogP contribution in [0.15, 0.2) is 0 Å². The second-order valence-electron chi connectivity index (χ2n) is 4.94. The van der Waals surface area contributed by atoms with E-state index < -0.39 is 5.97 Å². The Hall–Kier alpha value is -0.610. The van der Waals surface area contributed by atoms with Crippen LogP contribution >= 0.6 is 0 Å². The van der Waals surface area contributed by atoms with Gasteiger partial charge in [-0.3, -0.25) is 9.69 Å². The van der Waals surface area contributed by atoms with Crippen molar-refractivity contribution in [3.8, 4) is 0 Å². The Morgan fingerprint density at radius 1 is 1.62 bits per heavy atom. The molecule has 1 aliphatic rings. The molecule has 1 N–H and O–H groups in total. The maximum Gasteiger partial charge on any atom is 0.320 e. The third kappa shape index (κ3) is 2.95. The van der Waals surface area contributed by atoms with Crippen molar-refractivity contribution in [2.75, 3.05) is 20.6 Å². The maximum atomic E-state index is 11.1. The molecule has 3 atom stereocenters. The number of likely N-dealkylation sites (N-methyl/N-ethyl adjacent to an activating group) is 1. The molecule has 1 heterocycles. The van der Waals surface area contributed by atoms with E-state index in [1.54, 1.807) is 0 Å². The summed E-state index contributed by atoms with van der Waals surface area (Å²) in [6, 6.07) is 0.625. The van der Waals surface area contributed by atoms with Crippen LogP contribution in [0, 0.1) is 0 Å². The molecular formula is C12H24N2O2. The minimum atomic E-state index is -0.698. The van der Waals surface area contributed by atoms with Crippen molar-refractivity contribution >= 4 is 5.97 Å². The summed E-state index contributed by atoms with van der Waals surface area (Å²) in [6.07, 6.45) is 2.81. The molecule has 0 radical (unpaired) electrons. The molecule has 0 spiro atoms. The molecule has 0 aromatic heterocycles. The van der Waals surface area contributed by atoms with Crippen LogP contribution in [-0.4, -0.2) is 59.6 Å². The van der Waals surface area contributed by atoms with Gasteiger partial charge in [0.15, 0.2) is 0 Å². The summed E-state index contributed by atoms with van der Waals surface area (Å²) in [7, 11) is 4.08. The van der Waals surface area contributed by atoms with Crippen LogP contribution in [0.2, 0.25) is 0 Å². The van der Waals surface area contributed by atoms with E-state index in [9.17, 15) is 4.79 Å². The van der Waals surface area contributed by atoms with Gasteiger partial charge in [0.05, 0.1) is 0 Å². The largest absolute Gasteiger partial charge is 0.480 e. The lowest BCUT2D eigenvalue weighted by Gasteiger charge is -2.41. The molecule has 4 nitrogen and oxygen atoms in total. The first-order valence-electron chi connectivity index (χ1n) is 6.12. The van der Waals surface area contributed by atoms with Gasteiger partial charge in [0, 0.05) is 12.1 Å². The number of hydrogen-bond donors (Lipinski definition) is 1. The van der Waals surface area contributed by atoms with Gasteiger partial charge in [-0.05, 0) is 46.8 Å². The first-order valence-corrected chi connectivity index (χ1v) is 6.12. The molecule has 1 aliphatic heterocycles. The van der Waals surface area contributed by atoms with E-state index in [0.29, 0.717) is 18.5 Å². The maximum absolute atomic E-state index is 11.1. The van der Waals surface area contributed by atoms with Crippen molar-refractivity contribution < 1.29 is 9.90 Å². The van der Waals surface area contributed by atoms with E-state index in [2.05, 4.69) is 18.9 Å². The van der Waals surface area contributed by atoms with Crippen LogP contribution < -0.4 is 0 Å². The predicted molar refractivity (Wildman–Crippen MR) is 64.6 cm³/mol. The van der Waals surface area contributed by atoms with Crippen LogP contribution in [0.1, 0.15) is 33.1 Å². The Morgan fingerprint density at radius 2 is 2.25 bits per heavy atom. The highest BCUT2D eigenvalue weighted by atomic mass is 16.4. The van der Waals surface area contributed by atoms with Crippen molar-refractivity contribution in [2.24, 2.45) is 0 Å². The van der Waals surface area contributed by atoms with E-state index in [1.165, 1.54) is 0 Å². The van der Waals surface area contributed by atoms with Gasteiger partial charge in [0.1, 0.15) is 6.04 Å². The molecule has 0 aliphatic carbocycles. The highest BCUT2D eigenvalue weighted by Gasteiger charge is 2.31. The number of aliphatic carboxylic acids is 1. The first-order chi connectivity index (χ1) is 7.47. The summed E-state index contributed by atoms with van der Waals surface area (Å²) in [6.45, 7) is 5.21. The van der Waals surface area contributed by atoms with Crippen LogP contribution in [0.25, 0.3) is 0 Å². The van der Waals surface area contributed by atoms with Crippen molar-refractivity contribution in [2.45, 2.75) is 51.2 Å². The smallest absolute Gasteiger partial charge is 0.320 e. The number of piperidine rings is 1. The topological polar surface area (TPSA) is 43.8 Å². The van der Waals surface area contributed by atoms with E-state index >= 15 is 0 Å². The zero-order chi connectivity index (χ0) is 12.3. The Labute approximate surface area is 98.2 Å². The second kappa shape index (κ2) is 5.64. The lowest BCUT2D eigenvalue weighted by Crippen LogP contribution is -2.51. The number of likely N-dealkylation sites (tertiary alicyclic amines) is 1. The zero-order valence-corrected chi connectivity index (χ0v) is 10.8. The SMILES string of the molecule is CCC(C(=O)O)N(C)C1CCN(C)C(C)C1. The van der Waals surface area contributed by atoms with Gasteiger partial charge in [-0.15, -0.1) is 0 Å². The quantitative estimate of drug-likeness (QED) is 0.787. The molecule has 0 bridgehead atoms. The number of carbonyl (C=O) groups is 1. The van der Waals surface area contributed by atoms with Gasteiger partial charge in [-0.2, -0.15) is 0 Å². The van der Waals surface area contributed by atoms with Gasteiger partial charge >= 0.3 is 5.97 Å². The standard InChI is InChI=1S/C12H24N2O2/c1-5-11(12(15)16)14(4)10-6-7-13(3)9(2)8-10/h9-11H,5-8H2,1-4H3,(H,15,16). The molecule has 0 aromatic carbocycles. The van der Waals surface area contributed by atoms with Gasteiger partial charge in [0.25, 0.3) is 0 Å². The minimum Gasteiger partial charge on any atom is -0.480 e. The number of carboxylic acid groups (broad SMARTS) is 1. The molecular weight excluding hydrogens is 204 g/mol. The van der Waals surface area contributed by atoms with Crippen molar-refractivity contribution in [1.82, 2.24) is 9.80 Å². The molecule has 16 heavy (non-hydrogen) atoms. The van der Waals surface area contributed by atoms with E-state index in [0.717, 1.165) is 19.4 Å². The predicted octanol–water partition coefficient (Wildman–Crippen LogP) is 1.26. The average molecular weight is 228 g/mol. The summed E-state index contributed by atoms with van der Waals surface area (Å²) in [5.74, 6) is -0.698. The monoisotopic (exact) mass is 228 g/mol. The number of carboxylic acids is 1. The Kier molecular flexibility index (Phi) is 4.74. The van der Waals surface area contributed by atoms with Crippen LogP contribution in [0.3, 0.4) is 0 Å². The third-order valence-corrected chi connectivity index (χ3v) is 3.92. The van der Waals surface area contributed by atoms with E-state index in [4.69, 9.17) is 5.11 Å². The summed E-state index contributed by atoms with van der Waals surface area (Å²) in [5.41, 5.74) is 0. The lowest BCUT2D eigenvalue weighted by atomic mass is 9.96. The highest BCUT2D eigenvalue weighted by molar-refractivity contribution is 5.73. The summed E-state index contributed by atoms with van der Waals surface area (Å²) in [5, 5.41) is 9.14. The molecule has 1 saturated heterocycles. The van der Waals surface area contributed by atoms with E-state index in [-0.39, 0.29) is 6.04 Å². The zero-order valence-electron chi connectivity index (χ0n) is 10.8. The molecule has 1 rings (SSSR count). The first kappa shape index (κ1) is 13.5. The molecule has 4 heteroatoms. The lowest BCUT2D eigenvalue weighted by molar-refractivity contribution is -0.144. The molecule has 0 amide bonds. The highest BCUT2D eigenvalue weighted by Crippen LogP contribution is 2.21. The van der Waals surface area contributed by atoms with Crippen LogP contribution in [0.4, 0.5) is 0 Å². The summed E-state index contributed by atoms with van der Waals surface area (Å²) >= 11 is 0. The summed E-state index contributed by atoms with van der Waals surface area (Å²) in [4.78, 5) is 15.5. The van der Waals surface area contributed by atoms with Crippen LogP contribution in [-0.2, 0) is 4.79 Å². The fourth-order valence-electron chi connectivity index (χ4n) is 2.53. The van der Waals surface area contributed by atoms with Crippen molar-refractivity contribution in [3.05, 3.63) is 0 Å². The molecule has 94 valence electrons. The van der Waals surface area contributed by atoms with Gasteiger partial charge in [0.2, 0.25) is 0 Å². The molecule has 1 fully saturated rings.